The van der Waals surface area contributed by atoms with Crippen molar-refractivity contribution in [3.63, 3.8) is 0 Å². The van der Waals surface area contributed by atoms with Gasteiger partial charge in [-0.3, -0.25) is 9.78 Å². The van der Waals surface area contributed by atoms with Crippen molar-refractivity contribution < 1.29 is 19.3 Å². The molecular formula is C11H16FN5O4. The molecule has 0 aromatic carbocycles. The Hall–Kier alpha value is -1.91. The Morgan fingerprint density at radius 1 is 1.67 bits per heavy atom. The van der Waals surface area contributed by atoms with Crippen molar-refractivity contribution in [1.82, 2.24) is 9.97 Å². The molecule has 3 heterocycles. The second-order valence-electron chi connectivity index (χ2n) is 5.21. The number of hydrogen-bond donors (Lipinski definition) is 5. The fraction of sp³-hybridized carbons (Fsp3) is 0.636. The van der Waals surface area contributed by atoms with Crippen molar-refractivity contribution in [3.05, 3.63) is 10.4 Å². The monoisotopic (exact) mass is 301 g/mol. The number of nitrogen functional groups attached to an aromatic ring is 1. The zero-order valence-corrected chi connectivity index (χ0v) is 11.2. The minimum absolute atomic E-state index is 0.0766. The average molecular weight is 301 g/mol. The Balaban J connectivity index is 1.97. The molecular weight excluding hydrogens is 285 g/mol. The van der Waals surface area contributed by atoms with E-state index >= 15 is 0 Å². The predicted molar refractivity (Wildman–Crippen MR) is 71.2 cm³/mol. The smallest absolute Gasteiger partial charge is 0.277 e. The van der Waals surface area contributed by atoms with Crippen molar-refractivity contribution in [2.24, 2.45) is 5.92 Å². The maximum absolute atomic E-state index is 14.2. The SMILES string of the molecule is C[C@@H]1[C@H](N2CNc3c2nc(N)[nH]c3=O)O[C@](F)(CO)[C@H]1O. The van der Waals surface area contributed by atoms with E-state index in [1.807, 2.05) is 0 Å². The third kappa shape index (κ3) is 1.94. The largest absolute Gasteiger partial charge is 0.390 e. The van der Waals surface area contributed by atoms with Crippen LogP contribution in [-0.2, 0) is 4.74 Å². The number of nitrogens with two attached hydrogens (primary N) is 1. The van der Waals surface area contributed by atoms with Gasteiger partial charge in [-0.25, -0.2) is 4.39 Å². The summed E-state index contributed by atoms with van der Waals surface area (Å²) in [7, 11) is 0. The molecule has 1 fully saturated rings. The van der Waals surface area contributed by atoms with Crippen molar-refractivity contribution in [2.75, 3.05) is 29.2 Å². The van der Waals surface area contributed by atoms with Crippen LogP contribution in [0.3, 0.4) is 0 Å². The first-order chi connectivity index (χ1) is 9.87. The van der Waals surface area contributed by atoms with Gasteiger partial charge in [0.2, 0.25) is 5.95 Å². The number of ether oxygens (including phenoxy) is 1. The zero-order valence-electron chi connectivity index (χ0n) is 11.2. The second-order valence-corrected chi connectivity index (χ2v) is 5.21. The van der Waals surface area contributed by atoms with Gasteiger partial charge in [-0.05, 0) is 0 Å². The molecule has 2 aliphatic heterocycles. The number of aliphatic hydroxyl groups excluding tert-OH is 2. The van der Waals surface area contributed by atoms with Gasteiger partial charge in [0, 0.05) is 5.92 Å². The second kappa shape index (κ2) is 4.55. The van der Waals surface area contributed by atoms with Gasteiger partial charge in [0.15, 0.2) is 5.82 Å². The predicted octanol–water partition coefficient (Wildman–Crippen LogP) is -1.45. The minimum Gasteiger partial charge on any atom is -0.390 e. The van der Waals surface area contributed by atoms with E-state index in [0.29, 0.717) is 0 Å². The van der Waals surface area contributed by atoms with Crippen LogP contribution in [0.4, 0.5) is 21.8 Å². The highest BCUT2D eigenvalue weighted by molar-refractivity contribution is 5.71. The summed E-state index contributed by atoms with van der Waals surface area (Å²) in [5.41, 5.74) is 5.27. The van der Waals surface area contributed by atoms with Crippen LogP contribution in [-0.4, -0.2) is 51.6 Å². The van der Waals surface area contributed by atoms with Gasteiger partial charge in [-0.2, -0.15) is 4.98 Å². The van der Waals surface area contributed by atoms with Crippen molar-refractivity contribution in [3.8, 4) is 0 Å². The summed E-state index contributed by atoms with van der Waals surface area (Å²) in [5, 5.41) is 21.8. The number of aromatic nitrogens is 2. The minimum atomic E-state index is -2.54. The lowest BCUT2D eigenvalue weighted by Gasteiger charge is -2.27. The molecule has 0 bridgehead atoms. The van der Waals surface area contributed by atoms with Crippen LogP contribution in [0.25, 0.3) is 0 Å². The Morgan fingerprint density at radius 3 is 3.00 bits per heavy atom. The van der Waals surface area contributed by atoms with E-state index in [2.05, 4.69) is 15.3 Å². The molecule has 6 N–H and O–H groups in total. The summed E-state index contributed by atoms with van der Waals surface area (Å²) < 4.78 is 19.4. The molecule has 1 saturated heterocycles. The third-order valence-electron chi connectivity index (χ3n) is 3.85. The Kier molecular flexibility index (Phi) is 3.04. The zero-order chi connectivity index (χ0) is 15.4. The number of hydrogen-bond acceptors (Lipinski definition) is 8. The van der Waals surface area contributed by atoms with E-state index in [-0.39, 0.29) is 24.1 Å². The van der Waals surface area contributed by atoms with Crippen LogP contribution in [0.1, 0.15) is 6.92 Å². The van der Waals surface area contributed by atoms with Crippen LogP contribution < -0.4 is 21.5 Å². The quantitative estimate of drug-likeness (QED) is 0.447. The number of H-pyrrole nitrogens is 1. The van der Waals surface area contributed by atoms with Gasteiger partial charge in [0.25, 0.3) is 11.4 Å². The number of alkyl halides is 1. The normalized spacial score (nSPS) is 34.9. The number of rotatable bonds is 2. The number of halogens is 1. The molecule has 0 saturated carbocycles. The molecule has 0 radical (unpaired) electrons. The lowest BCUT2D eigenvalue weighted by atomic mass is 10.0. The average Bonchev–Trinajstić information content (AvgIpc) is 2.95. The summed E-state index contributed by atoms with van der Waals surface area (Å²) in [4.78, 5) is 19.6. The molecule has 116 valence electrons. The molecule has 1 aromatic rings. The molecule has 0 aliphatic carbocycles. The highest BCUT2D eigenvalue weighted by Crippen LogP contribution is 2.41. The first kappa shape index (κ1) is 14.0. The van der Waals surface area contributed by atoms with Crippen molar-refractivity contribution in [2.45, 2.75) is 25.1 Å². The van der Waals surface area contributed by atoms with Gasteiger partial charge in [-0.1, -0.05) is 6.92 Å². The van der Waals surface area contributed by atoms with E-state index < -0.39 is 36.3 Å². The van der Waals surface area contributed by atoms with Gasteiger partial charge >= 0.3 is 0 Å². The maximum Gasteiger partial charge on any atom is 0.277 e. The molecule has 10 heteroatoms. The highest BCUT2D eigenvalue weighted by Gasteiger charge is 2.56. The van der Waals surface area contributed by atoms with Crippen LogP contribution in [0.15, 0.2) is 4.79 Å². The summed E-state index contributed by atoms with van der Waals surface area (Å²) in [5.74, 6) is -3.04. The van der Waals surface area contributed by atoms with Crippen molar-refractivity contribution in [1.29, 1.82) is 0 Å². The van der Waals surface area contributed by atoms with E-state index in [1.54, 1.807) is 6.92 Å². The molecule has 0 unspecified atom stereocenters. The number of nitrogens with one attached hydrogen (secondary N) is 2. The van der Waals surface area contributed by atoms with Gasteiger partial charge in [-0.15, -0.1) is 0 Å². The molecule has 0 spiro atoms. The number of anilines is 3. The molecule has 4 atom stereocenters. The number of fused-ring (bicyclic) bond motifs is 1. The summed E-state index contributed by atoms with van der Waals surface area (Å²) in [6, 6.07) is 0. The molecule has 2 aliphatic rings. The first-order valence-electron chi connectivity index (χ1n) is 6.43. The van der Waals surface area contributed by atoms with Crippen molar-refractivity contribution >= 4 is 17.5 Å². The van der Waals surface area contributed by atoms with E-state index in [9.17, 15) is 14.3 Å². The van der Waals surface area contributed by atoms with E-state index in [1.165, 1.54) is 4.90 Å². The Labute approximate surface area is 118 Å². The van der Waals surface area contributed by atoms with Gasteiger partial charge in [0.05, 0.1) is 6.67 Å². The summed E-state index contributed by atoms with van der Waals surface area (Å²) in [6.07, 6.45) is -2.38. The Bertz CT molecular complexity index is 625. The molecule has 3 rings (SSSR count). The number of aromatic amines is 1. The van der Waals surface area contributed by atoms with E-state index in [0.717, 1.165) is 0 Å². The highest BCUT2D eigenvalue weighted by atomic mass is 19.2. The fourth-order valence-corrected chi connectivity index (χ4v) is 2.70. The van der Waals surface area contributed by atoms with Gasteiger partial charge < -0.3 is 30.9 Å². The summed E-state index contributed by atoms with van der Waals surface area (Å²) in [6.45, 7) is 0.771. The topological polar surface area (TPSA) is 137 Å². The molecule has 21 heavy (non-hydrogen) atoms. The van der Waals surface area contributed by atoms with Crippen LogP contribution >= 0.6 is 0 Å². The van der Waals surface area contributed by atoms with Crippen LogP contribution in [0.5, 0.6) is 0 Å². The summed E-state index contributed by atoms with van der Waals surface area (Å²) >= 11 is 0. The first-order valence-corrected chi connectivity index (χ1v) is 6.43. The molecule has 1 aromatic heterocycles. The fourth-order valence-electron chi connectivity index (χ4n) is 2.70. The van der Waals surface area contributed by atoms with Crippen LogP contribution in [0, 0.1) is 5.92 Å². The lowest BCUT2D eigenvalue weighted by Crippen LogP contribution is -2.40. The van der Waals surface area contributed by atoms with Crippen LogP contribution in [0.2, 0.25) is 0 Å². The number of aliphatic hydroxyl groups is 2. The maximum atomic E-state index is 14.2. The Morgan fingerprint density at radius 2 is 2.38 bits per heavy atom. The standard InChI is InChI=1S/C11H16FN5O4/c1-4-6(19)11(12,2-18)21-9(4)17-3-14-5-7(17)15-10(13)16-8(5)20/h4,6,9,14,18-19H,2-3H2,1H3,(H3,13,15,16,20)/t4-,6-,9+,11+/m0/s1. The third-order valence-corrected chi connectivity index (χ3v) is 3.85. The van der Waals surface area contributed by atoms with E-state index in [4.69, 9.17) is 15.6 Å². The lowest BCUT2D eigenvalue weighted by molar-refractivity contribution is -0.195. The van der Waals surface area contributed by atoms with Gasteiger partial charge in [0.1, 0.15) is 24.6 Å². The number of nitrogens with zero attached hydrogens (tertiary/aromatic N) is 2. The molecule has 0 amide bonds. The molecule has 9 nitrogen and oxygen atoms in total.